The van der Waals surface area contributed by atoms with Crippen LogP contribution in [0, 0.1) is 17.7 Å². The number of methoxy groups -OCH3 is 2. The zero-order valence-electron chi connectivity index (χ0n) is 15.0. The molecule has 0 aromatic heterocycles. The fourth-order valence-corrected chi connectivity index (χ4v) is 3.79. The molecule has 1 saturated heterocycles. The molecule has 5 nitrogen and oxygen atoms in total. The zero-order chi connectivity index (χ0) is 17.8. The van der Waals surface area contributed by atoms with Crippen LogP contribution >= 0.6 is 0 Å². The Kier molecular flexibility index (Phi) is 5.91. The minimum Gasteiger partial charge on any atom is -0.496 e. The number of nitrogens with one attached hydrogen (secondary N) is 1. The standard InChI is InChI=1S/C19H27FN2O3/c1-24-9-3-8-22-11-16(13-4-5-13)17(12-22)21-19(23)15-10-14(20)6-7-18(15)25-2/h6-7,10,13,16-17H,3-5,8-9,11-12H2,1-2H3,(H,21,23)/t16-,17+/m0/s1. The maximum absolute atomic E-state index is 13.6. The Morgan fingerprint density at radius 1 is 1.32 bits per heavy atom. The zero-order valence-corrected chi connectivity index (χ0v) is 15.0. The van der Waals surface area contributed by atoms with Crippen molar-refractivity contribution in [1.82, 2.24) is 10.2 Å². The van der Waals surface area contributed by atoms with Crippen LogP contribution in [-0.4, -0.2) is 57.3 Å². The minimum atomic E-state index is -0.433. The van der Waals surface area contributed by atoms with Crippen LogP contribution in [-0.2, 0) is 4.74 Å². The second kappa shape index (κ2) is 8.15. The number of nitrogens with zero attached hydrogens (tertiary/aromatic N) is 1. The number of carbonyl (C=O) groups excluding carboxylic acids is 1. The van der Waals surface area contributed by atoms with E-state index in [9.17, 15) is 9.18 Å². The van der Waals surface area contributed by atoms with E-state index in [1.807, 2.05) is 0 Å². The summed E-state index contributed by atoms with van der Waals surface area (Å²) in [5.74, 6) is 0.887. The topological polar surface area (TPSA) is 50.8 Å². The summed E-state index contributed by atoms with van der Waals surface area (Å²) in [4.78, 5) is 15.1. The average molecular weight is 350 g/mol. The Bertz CT molecular complexity index is 606. The highest BCUT2D eigenvalue weighted by molar-refractivity contribution is 5.97. The van der Waals surface area contributed by atoms with Crippen LogP contribution in [0.1, 0.15) is 29.6 Å². The van der Waals surface area contributed by atoms with Gasteiger partial charge in [-0.15, -0.1) is 0 Å². The predicted octanol–water partition coefficient (Wildman–Crippen LogP) is 2.31. The molecule has 1 aromatic rings. The van der Waals surface area contributed by atoms with Gasteiger partial charge in [-0.3, -0.25) is 4.79 Å². The van der Waals surface area contributed by atoms with Crippen molar-refractivity contribution in [2.75, 3.05) is 40.5 Å². The van der Waals surface area contributed by atoms with E-state index in [2.05, 4.69) is 10.2 Å². The van der Waals surface area contributed by atoms with E-state index in [-0.39, 0.29) is 17.5 Å². The number of likely N-dealkylation sites (tertiary alicyclic amines) is 1. The summed E-state index contributed by atoms with van der Waals surface area (Å²) in [5, 5.41) is 3.13. The Morgan fingerprint density at radius 3 is 2.80 bits per heavy atom. The largest absolute Gasteiger partial charge is 0.496 e. The summed E-state index contributed by atoms with van der Waals surface area (Å²) < 4.78 is 23.9. The molecule has 0 radical (unpaired) electrons. The molecule has 0 spiro atoms. The number of hydrogen-bond acceptors (Lipinski definition) is 4. The van der Waals surface area contributed by atoms with Gasteiger partial charge >= 0.3 is 0 Å². The highest BCUT2D eigenvalue weighted by Gasteiger charge is 2.43. The second-order valence-corrected chi connectivity index (χ2v) is 7.03. The van der Waals surface area contributed by atoms with Crippen LogP contribution in [0.25, 0.3) is 0 Å². The second-order valence-electron chi connectivity index (χ2n) is 7.03. The van der Waals surface area contributed by atoms with E-state index in [0.717, 1.165) is 32.7 Å². The van der Waals surface area contributed by atoms with Crippen LogP contribution in [0.4, 0.5) is 4.39 Å². The van der Waals surface area contributed by atoms with E-state index in [0.29, 0.717) is 17.6 Å². The van der Waals surface area contributed by atoms with Gasteiger partial charge in [0.15, 0.2) is 0 Å². The SMILES string of the molecule is COCCCN1C[C@@H](NC(=O)c2cc(F)ccc2OC)[C@H](C2CC2)C1. The Balaban J connectivity index is 1.65. The summed E-state index contributed by atoms with van der Waals surface area (Å²) in [5.41, 5.74) is 0.259. The quantitative estimate of drug-likeness (QED) is 0.731. The molecule has 0 bridgehead atoms. The number of rotatable bonds is 8. The van der Waals surface area contributed by atoms with Gasteiger partial charge in [-0.05, 0) is 49.3 Å². The highest BCUT2D eigenvalue weighted by Crippen LogP contribution is 2.41. The molecule has 2 aliphatic rings. The molecule has 2 fully saturated rings. The molecular weight excluding hydrogens is 323 g/mol. The first-order valence-corrected chi connectivity index (χ1v) is 8.98. The number of benzene rings is 1. The van der Waals surface area contributed by atoms with E-state index >= 15 is 0 Å². The van der Waals surface area contributed by atoms with Crippen molar-refractivity contribution >= 4 is 5.91 Å². The summed E-state index contributed by atoms with van der Waals surface area (Å²) in [7, 11) is 3.20. The van der Waals surface area contributed by atoms with Gasteiger partial charge < -0.3 is 19.7 Å². The van der Waals surface area contributed by atoms with Gasteiger partial charge in [0.2, 0.25) is 0 Å². The first kappa shape index (κ1) is 18.1. The van der Waals surface area contributed by atoms with Crippen molar-refractivity contribution in [3.8, 4) is 5.75 Å². The monoisotopic (exact) mass is 350 g/mol. The van der Waals surface area contributed by atoms with Crippen molar-refractivity contribution < 1.29 is 18.7 Å². The van der Waals surface area contributed by atoms with Gasteiger partial charge in [0.1, 0.15) is 11.6 Å². The van der Waals surface area contributed by atoms with Gasteiger partial charge in [-0.2, -0.15) is 0 Å². The van der Waals surface area contributed by atoms with Crippen molar-refractivity contribution in [2.24, 2.45) is 11.8 Å². The highest BCUT2D eigenvalue weighted by atomic mass is 19.1. The fourth-order valence-electron chi connectivity index (χ4n) is 3.79. The third-order valence-electron chi connectivity index (χ3n) is 5.21. The van der Waals surface area contributed by atoms with E-state index in [1.165, 1.54) is 38.2 Å². The number of ether oxygens (including phenoxy) is 2. The molecule has 1 heterocycles. The Morgan fingerprint density at radius 2 is 2.12 bits per heavy atom. The third-order valence-corrected chi connectivity index (χ3v) is 5.21. The van der Waals surface area contributed by atoms with Crippen LogP contribution in [0.15, 0.2) is 18.2 Å². The molecule has 25 heavy (non-hydrogen) atoms. The fraction of sp³-hybridized carbons (Fsp3) is 0.632. The van der Waals surface area contributed by atoms with E-state index < -0.39 is 5.82 Å². The molecule has 138 valence electrons. The maximum Gasteiger partial charge on any atom is 0.255 e. The molecule has 1 saturated carbocycles. The molecule has 1 aromatic carbocycles. The number of hydrogen-bond donors (Lipinski definition) is 1. The molecule has 1 aliphatic heterocycles. The number of carbonyl (C=O) groups is 1. The van der Waals surface area contributed by atoms with Crippen LogP contribution < -0.4 is 10.1 Å². The molecule has 0 unspecified atom stereocenters. The predicted molar refractivity (Wildman–Crippen MR) is 93.4 cm³/mol. The maximum atomic E-state index is 13.6. The first-order valence-electron chi connectivity index (χ1n) is 8.98. The van der Waals surface area contributed by atoms with Gasteiger partial charge in [-0.25, -0.2) is 4.39 Å². The van der Waals surface area contributed by atoms with Gasteiger partial charge in [0.05, 0.1) is 12.7 Å². The smallest absolute Gasteiger partial charge is 0.255 e. The Hall–Kier alpha value is -1.66. The lowest BCUT2D eigenvalue weighted by molar-refractivity contribution is 0.0924. The molecule has 1 amide bonds. The minimum absolute atomic E-state index is 0.107. The third kappa shape index (κ3) is 4.50. The van der Waals surface area contributed by atoms with Crippen LogP contribution in [0.2, 0.25) is 0 Å². The molecule has 3 rings (SSSR count). The summed E-state index contributed by atoms with van der Waals surface area (Å²) >= 11 is 0. The van der Waals surface area contributed by atoms with E-state index in [4.69, 9.17) is 9.47 Å². The van der Waals surface area contributed by atoms with Crippen LogP contribution in [0.3, 0.4) is 0 Å². The van der Waals surface area contributed by atoms with Crippen molar-refractivity contribution in [3.63, 3.8) is 0 Å². The van der Waals surface area contributed by atoms with Crippen molar-refractivity contribution in [2.45, 2.75) is 25.3 Å². The average Bonchev–Trinajstić information content (AvgIpc) is 3.37. The summed E-state index contributed by atoms with van der Waals surface area (Å²) in [6.07, 6.45) is 3.48. The normalized spacial score (nSPS) is 23.6. The van der Waals surface area contributed by atoms with Crippen molar-refractivity contribution in [1.29, 1.82) is 0 Å². The van der Waals surface area contributed by atoms with Gasteiger partial charge in [-0.1, -0.05) is 0 Å². The first-order chi connectivity index (χ1) is 12.1. The summed E-state index contributed by atoms with van der Waals surface area (Å²) in [6.45, 7) is 3.59. The molecule has 1 aliphatic carbocycles. The number of halogens is 1. The van der Waals surface area contributed by atoms with Crippen molar-refractivity contribution in [3.05, 3.63) is 29.6 Å². The lowest BCUT2D eigenvalue weighted by Crippen LogP contribution is -2.41. The lowest BCUT2D eigenvalue weighted by Gasteiger charge is -2.20. The molecular formula is C19H27FN2O3. The van der Waals surface area contributed by atoms with Crippen LogP contribution in [0.5, 0.6) is 5.75 Å². The van der Waals surface area contributed by atoms with Gasteiger partial charge in [0, 0.05) is 39.4 Å². The number of amides is 1. The van der Waals surface area contributed by atoms with E-state index in [1.54, 1.807) is 7.11 Å². The molecule has 1 N–H and O–H groups in total. The lowest BCUT2D eigenvalue weighted by atomic mass is 9.97. The molecule has 6 heteroatoms. The summed E-state index contributed by atoms with van der Waals surface area (Å²) in [6, 6.07) is 4.14. The Labute approximate surface area is 148 Å². The molecule has 2 atom stereocenters. The van der Waals surface area contributed by atoms with Gasteiger partial charge in [0.25, 0.3) is 5.91 Å².